The molecular formula is C25H28N2O6. The van der Waals surface area contributed by atoms with Crippen molar-refractivity contribution in [3.63, 3.8) is 0 Å². The minimum Gasteiger partial charge on any atom is -0.480 e. The van der Waals surface area contributed by atoms with E-state index in [1.165, 1.54) is 6.92 Å². The van der Waals surface area contributed by atoms with Crippen LogP contribution in [-0.4, -0.2) is 52.5 Å². The van der Waals surface area contributed by atoms with E-state index in [0.717, 1.165) is 22.3 Å². The van der Waals surface area contributed by atoms with E-state index in [1.54, 1.807) is 0 Å². The molecule has 8 nitrogen and oxygen atoms in total. The summed E-state index contributed by atoms with van der Waals surface area (Å²) < 4.78 is 5.58. The third kappa shape index (κ3) is 4.43. The van der Waals surface area contributed by atoms with Gasteiger partial charge in [0.1, 0.15) is 12.1 Å². The van der Waals surface area contributed by atoms with Crippen LogP contribution in [0.25, 0.3) is 11.1 Å². The Bertz CT molecular complexity index is 1010. The molecule has 2 atom stereocenters. The number of aliphatic hydroxyl groups is 1. The van der Waals surface area contributed by atoms with Crippen molar-refractivity contribution >= 4 is 18.0 Å². The first-order valence-electron chi connectivity index (χ1n) is 11.2. The summed E-state index contributed by atoms with van der Waals surface area (Å²) in [6.45, 7) is 1.41. The van der Waals surface area contributed by atoms with Crippen molar-refractivity contribution in [1.82, 2.24) is 10.6 Å². The van der Waals surface area contributed by atoms with E-state index in [2.05, 4.69) is 10.6 Å². The Labute approximate surface area is 192 Å². The lowest BCUT2D eigenvalue weighted by Gasteiger charge is -2.30. The quantitative estimate of drug-likeness (QED) is 0.512. The summed E-state index contributed by atoms with van der Waals surface area (Å²) in [6.07, 6.45) is 0.161. The molecule has 174 valence electrons. The molecule has 0 saturated heterocycles. The summed E-state index contributed by atoms with van der Waals surface area (Å²) in [5.41, 5.74) is 3.14. The molecule has 0 aliphatic heterocycles. The van der Waals surface area contributed by atoms with Gasteiger partial charge in [0.15, 0.2) is 6.04 Å². The minimum absolute atomic E-state index is 0.108. The monoisotopic (exact) mass is 452 g/mol. The first-order chi connectivity index (χ1) is 15.8. The van der Waals surface area contributed by atoms with Crippen molar-refractivity contribution in [3.8, 4) is 11.1 Å². The van der Waals surface area contributed by atoms with Crippen LogP contribution in [0.15, 0.2) is 48.5 Å². The van der Waals surface area contributed by atoms with Crippen molar-refractivity contribution in [2.75, 3.05) is 6.61 Å². The largest absolute Gasteiger partial charge is 0.480 e. The van der Waals surface area contributed by atoms with E-state index in [0.29, 0.717) is 25.7 Å². The number of aliphatic hydroxyl groups excluding tert-OH is 1. The number of carboxylic acid groups (broad SMARTS) is 1. The molecule has 2 aliphatic carbocycles. The van der Waals surface area contributed by atoms with Crippen LogP contribution in [0, 0.1) is 0 Å². The zero-order chi connectivity index (χ0) is 23.6. The van der Waals surface area contributed by atoms with Crippen molar-refractivity contribution in [3.05, 3.63) is 59.7 Å². The molecule has 33 heavy (non-hydrogen) atoms. The second-order valence-electron chi connectivity index (χ2n) is 8.77. The highest BCUT2D eigenvalue weighted by molar-refractivity contribution is 5.93. The Balaban J connectivity index is 1.45. The van der Waals surface area contributed by atoms with Crippen LogP contribution in [0.2, 0.25) is 0 Å². The maximum atomic E-state index is 13.0. The number of fused-ring (bicyclic) bond motifs is 3. The molecule has 2 amide bonds. The van der Waals surface area contributed by atoms with E-state index in [-0.39, 0.29) is 12.5 Å². The number of ether oxygens (including phenoxy) is 1. The molecule has 0 radical (unpaired) electrons. The number of rotatable bonds is 7. The third-order valence-corrected chi connectivity index (χ3v) is 6.61. The van der Waals surface area contributed by atoms with Crippen LogP contribution in [0.1, 0.15) is 49.7 Å². The highest BCUT2D eigenvalue weighted by atomic mass is 16.5. The normalized spacial score (nSPS) is 18.0. The molecule has 2 aromatic rings. The fourth-order valence-electron chi connectivity index (χ4n) is 4.89. The SMILES string of the molecule is C[C@@H](O)[C@H](NC(=O)C1(NC(=O)OCC2c3ccccc3-c3ccccc32)CCCC1)C(=O)O. The van der Waals surface area contributed by atoms with E-state index in [4.69, 9.17) is 4.74 Å². The smallest absolute Gasteiger partial charge is 0.408 e. The standard InChI is InChI=1S/C25H28N2O6/c1-15(28)21(22(29)30)26-23(31)25(12-6-7-13-25)27-24(32)33-14-20-18-10-4-2-8-16(18)17-9-3-5-11-19(17)20/h2-5,8-11,15,20-21,28H,6-7,12-14H2,1H3,(H,26,31)(H,27,32)(H,29,30)/t15-,21+/m1/s1. The number of alkyl carbamates (subject to hydrolysis) is 1. The van der Waals surface area contributed by atoms with Gasteiger partial charge in [-0.2, -0.15) is 0 Å². The van der Waals surface area contributed by atoms with Gasteiger partial charge in [0.2, 0.25) is 5.91 Å². The molecule has 0 unspecified atom stereocenters. The third-order valence-electron chi connectivity index (χ3n) is 6.61. The van der Waals surface area contributed by atoms with Gasteiger partial charge in [0, 0.05) is 5.92 Å². The number of aliphatic carboxylic acids is 1. The molecule has 4 N–H and O–H groups in total. The molecule has 0 spiro atoms. The molecule has 0 aromatic heterocycles. The minimum atomic E-state index is -1.46. The number of carbonyl (C=O) groups excluding carboxylic acids is 2. The fourth-order valence-corrected chi connectivity index (χ4v) is 4.89. The number of amides is 2. The van der Waals surface area contributed by atoms with Crippen LogP contribution >= 0.6 is 0 Å². The number of hydrogen-bond acceptors (Lipinski definition) is 5. The van der Waals surface area contributed by atoms with Gasteiger partial charge in [-0.05, 0) is 42.0 Å². The average Bonchev–Trinajstić information content (AvgIpc) is 3.39. The van der Waals surface area contributed by atoms with E-state index >= 15 is 0 Å². The van der Waals surface area contributed by atoms with Crippen LogP contribution in [-0.2, 0) is 14.3 Å². The molecule has 0 bridgehead atoms. The Kier molecular flexibility index (Phi) is 6.37. The number of hydrogen-bond donors (Lipinski definition) is 4. The summed E-state index contributed by atoms with van der Waals surface area (Å²) in [6, 6.07) is 14.6. The van der Waals surface area contributed by atoms with Gasteiger partial charge in [-0.3, -0.25) is 4.79 Å². The van der Waals surface area contributed by atoms with Gasteiger partial charge in [-0.25, -0.2) is 9.59 Å². The Morgan fingerprint density at radius 3 is 2.09 bits per heavy atom. The van der Waals surface area contributed by atoms with Gasteiger partial charge < -0.3 is 25.6 Å². The zero-order valence-electron chi connectivity index (χ0n) is 18.4. The average molecular weight is 453 g/mol. The second-order valence-corrected chi connectivity index (χ2v) is 8.77. The topological polar surface area (TPSA) is 125 Å². The molecule has 2 aliphatic rings. The summed E-state index contributed by atoms with van der Waals surface area (Å²) in [7, 11) is 0. The van der Waals surface area contributed by atoms with Crippen LogP contribution < -0.4 is 10.6 Å². The zero-order valence-corrected chi connectivity index (χ0v) is 18.4. The lowest BCUT2D eigenvalue weighted by Crippen LogP contribution is -2.61. The van der Waals surface area contributed by atoms with Crippen molar-refractivity contribution < 1.29 is 29.3 Å². The molecular weight excluding hydrogens is 424 g/mol. The maximum absolute atomic E-state index is 13.0. The summed E-state index contributed by atoms with van der Waals surface area (Å²) in [5, 5.41) is 24.0. The van der Waals surface area contributed by atoms with Gasteiger partial charge >= 0.3 is 12.1 Å². The Hall–Kier alpha value is -3.39. The van der Waals surface area contributed by atoms with Gasteiger partial charge in [0.05, 0.1) is 6.10 Å². The summed E-state index contributed by atoms with van der Waals surface area (Å²) >= 11 is 0. The van der Waals surface area contributed by atoms with Crippen LogP contribution in [0.4, 0.5) is 4.79 Å². The first kappa shape index (κ1) is 22.8. The Morgan fingerprint density at radius 1 is 1.03 bits per heavy atom. The highest BCUT2D eigenvalue weighted by Crippen LogP contribution is 2.44. The number of carbonyl (C=O) groups is 3. The molecule has 4 rings (SSSR count). The summed E-state index contributed by atoms with van der Waals surface area (Å²) in [5.74, 6) is -2.07. The molecule has 1 fully saturated rings. The van der Waals surface area contributed by atoms with E-state index in [1.807, 2.05) is 48.5 Å². The van der Waals surface area contributed by atoms with E-state index < -0.39 is 35.7 Å². The Morgan fingerprint density at radius 2 is 1.58 bits per heavy atom. The predicted molar refractivity (Wildman–Crippen MR) is 121 cm³/mol. The van der Waals surface area contributed by atoms with Crippen LogP contribution in [0.5, 0.6) is 0 Å². The number of carboxylic acids is 1. The predicted octanol–water partition coefficient (Wildman–Crippen LogP) is 2.79. The van der Waals surface area contributed by atoms with Gasteiger partial charge in [0.25, 0.3) is 0 Å². The van der Waals surface area contributed by atoms with Crippen molar-refractivity contribution in [1.29, 1.82) is 0 Å². The molecule has 1 saturated carbocycles. The van der Waals surface area contributed by atoms with Gasteiger partial charge in [-0.15, -0.1) is 0 Å². The first-order valence-corrected chi connectivity index (χ1v) is 11.2. The lowest BCUT2D eigenvalue weighted by atomic mass is 9.95. The lowest BCUT2D eigenvalue weighted by molar-refractivity contribution is -0.145. The fraction of sp³-hybridized carbons (Fsp3) is 0.400. The highest BCUT2D eigenvalue weighted by Gasteiger charge is 2.45. The molecule has 8 heteroatoms. The number of benzene rings is 2. The van der Waals surface area contributed by atoms with Gasteiger partial charge in [-0.1, -0.05) is 61.4 Å². The van der Waals surface area contributed by atoms with E-state index in [9.17, 15) is 24.6 Å². The van der Waals surface area contributed by atoms with Crippen molar-refractivity contribution in [2.24, 2.45) is 0 Å². The summed E-state index contributed by atoms with van der Waals surface area (Å²) in [4.78, 5) is 37.1. The maximum Gasteiger partial charge on any atom is 0.408 e. The molecule has 2 aromatic carbocycles. The number of nitrogens with one attached hydrogen (secondary N) is 2. The van der Waals surface area contributed by atoms with Crippen molar-refractivity contribution in [2.45, 2.75) is 56.2 Å². The second kappa shape index (κ2) is 9.23. The van der Waals surface area contributed by atoms with Crippen LogP contribution in [0.3, 0.4) is 0 Å². The molecule has 0 heterocycles.